The standard InChI is InChI=1S/C12H20N4O2S/c1-14-11-16-9(13)8(19-11)10(17)15-7-12(3-4-12)5-6-18-2/h3-7,13H2,1-2H3,(H,14,16)(H,15,17). The summed E-state index contributed by atoms with van der Waals surface area (Å²) < 4.78 is 5.10. The van der Waals surface area contributed by atoms with Gasteiger partial charge in [-0.1, -0.05) is 11.3 Å². The summed E-state index contributed by atoms with van der Waals surface area (Å²) in [6.07, 6.45) is 3.29. The first-order chi connectivity index (χ1) is 9.10. The molecule has 4 N–H and O–H groups in total. The number of carbonyl (C=O) groups is 1. The Morgan fingerprint density at radius 3 is 2.84 bits per heavy atom. The minimum Gasteiger partial charge on any atom is -0.385 e. The molecule has 106 valence electrons. The largest absolute Gasteiger partial charge is 0.385 e. The fraction of sp³-hybridized carbons (Fsp3) is 0.667. The lowest BCUT2D eigenvalue weighted by Crippen LogP contribution is -2.30. The summed E-state index contributed by atoms with van der Waals surface area (Å²) >= 11 is 1.27. The van der Waals surface area contributed by atoms with Crippen molar-refractivity contribution in [3.05, 3.63) is 4.88 Å². The van der Waals surface area contributed by atoms with E-state index in [0.717, 1.165) is 25.9 Å². The van der Waals surface area contributed by atoms with Gasteiger partial charge in [0.1, 0.15) is 10.7 Å². The second-order valence-electron chi connectivity index (χ2n) is 4.91. The van der Waals surface area contributed by atoms with Gasteiger partial charge in [0.15, 0.2) is 5.13 Å². The van der Waals surface area contributed by atoms with E-state index in [9.17, 15) is 4.79 Å². The molecule has 0 atom stereocenters. The third-order valence-corrected chi connectivity index (χ3v) is 4.58. The smallest absolute Gasteiger partial charge is 0.265 e. The van der Waals surface area contributed by atoms with Crippen molar-refractivity contribution in [2.75, 3.05) is 38.4 Å². The van der Waals surface area contributed by atoms with Crippen LogP contribution in [-0.4, -0.2) is 38.2 Å². The Kier molecular flexibility index (Phi) is 4.26. The molecular weight excluding hydrogens is 264 g/mol. The molecule has 1 heterocycles. The average molecular weight is 284 g/mol. The zero-order chi connectivity index (χ0) is 13.9. The number of nitrogens with two attached hydrogens (primary N) is 1. The number of nitrogen functional groups attached to an aromatic ring is 1. The molecule has 1 aliphatic carbocycles. The number of nitrogens with zero attached hydrogens (tertiary/aromatic N) is 1. The lowest BCUT2D eigenvalue weighted by atomic mass is 10.0. The Morgan fingerprint density at radius 2 is 2.32 bits per heavy atom. The second kappa shape index (κ2) is 5.75. The SMILES string of the molecule is CNc1nc(N)c(C(=O)NCC2(CCOC)CC2)s1. The van der Waals surface area contributed by atoms with Crippen molar-refractivity contribution in [3.63, 3.8) is 0 Å². The van der Waals surface area contributed by atoms with Crippen molar-refractivity contribution < 1.29 is 9.53 Å². The van der Waals surface area contributed by atoms with E-state index < -0.39 is 0 Å². The highest BCUT2D eigenvalue weighted by Crippen LogP contribution is 2.48. The molecule has 7 heteroatoms. The van der Waals surface area contributed by atoms with Gasteiger partial charge in [0, 0.05) is 27.3 Å². The number of methoxy groups -OCH3 is 1. The van der Waals surface area contributed by atoms with Crippen molar-refractivity contribution in [3.8, 4) is 0 Å². The Morgan fingerprint density at radius 1 is 1.58 bits per heavy atom. The monoisotopic (exact) mass is 284 g/mol. The van der Waals surface area contributed by atoms with Crippen LogP contribution in [0.3, 0.4) is 0 Å². The topological polar surface area (TPSA) is 89.3 Å². The van der Waals surface area contributed by atoms with Crippen LogP contribution in [0.5, 0.6) is 0 Å². The highest BCUT2D eigenvalue weighted by Gasteiger charge is 2.42. The molecule has 0 aliphatic heterocycles. The summed E-state index contributed by atoms with van der Waals surface area (Å²) in [4.78, 5) is 16.6. The lowest BCUT2D eigenvalue weighted by molar-refractivity contribution is 0.0942. The van der Waals surface area contributed by atoms with Crippen LogP contribution in [0.4, 0.5) is 10.9 Å². The van der Waals surface area contributed by atoms with Gasteiger partial charge in [-0.2, -0.15) is 0 Å². The van der Waals surface area contributed by atoms with Crippen molar-refractivity contribution in [1.29, 1.82) is 0 Å². The summed E-state index contributed by atoms with van der Waals surface area (Å²) in [5, 5.41) is 6.50. The first kappa shape index (κ1) is 14.1. The molecule has 0 radical (unpaired) electrons. The highest BCUT2D eigenvalue weighted by molar-refractivity contribution is 7.18. The molecule has 0 bridgehead atoms. The maximum Gasteiger partial charge on any atom is 0.265 e. The number of ether oxygens (including phenoxy) is 1. The molecule has 1 aliphatic rings. The predicted molar refractivity (Wildman–Crippen MR) is 76.6 cm³/mol. The summed E-state index contributed by atoms with van der Waals surface area (Å²) in [5.74, 6) is 0.147. The number of carbonyl (C=O) groups excluding carboxylic acids is 1. The van der Waals surface area contributed by atoms with E-state index >= 15 is 0 Å². The third-order valence-electron chi connectivity index (χ3n) is 3.49. The highest BCUT2D eigenvalue weighted by atomic mass is 32.1. The van der Waals surface area contributed by atoms with E-state index in [1.54, 1.807) is 14.2 Å². The third kappa shape index (κ3) is 3.36. The van der Waals surface area contributed by atoms with E-state index in [1.165, 1.54) is 11.3 Å². The Hall–Kier alpha value is -1.34. The molecule has 1 fully saturated rings. The molecule has 1 saturated carbocycles. The van der Waals surface area contributed by atoms with Gasteiger partial charge < -0.3 is 21.1 Å². The number of anilines is 2. The van der Waals surface area contributed by atoms with Gasteiger partial charge in [-0.25, -0.2) is 4.98 Å². The Labute approximate surface area is 116 Å². The molecular formula is C12H20N4O2S. The van der Waals surface area contributed by atoms with Gasteiger partial charge in [-0.15, -0.1) is 0 Å². The molecule has 1 amide bonds. The summed E-state index contributed by atoms with van der Waals surface area (Å²) in [6, 6.07) is 0. The minimum absolute atomic E-state index is 0.139. The molecule has 0 unspecified atom stereocenters. The van der Waals surface area contributed by atoms with E-state index in [0.29, 0.717) is 16.6 Å². The average Bonchev–Trinajstić information content (AvgIpc) is 3.09. The number of hydrogen-bond donors (Lipinski definition) is 3. The number of thiazole rings is 1. The van der Waals surface area contributed by atoms with E-state index in [4.69, 9.17) is 10.5 Å². The van der Waals surface area contributed by atoms with Crippen LogP contribution in [-0.2, 0) is 4.74 Å². The second-order valence-corrected chi connectivity index (χ2v) is 5.91. The first-order valence-electron chi connectivity index (χ1n) is 6.31. The fourth-order valence-corrected chi connectivity index (χ4v) is 2.71. The Balaban J connectivity index is 1.89. The summed E-state index contributed by atoms with van der Waals surface area (Å²) in [5.41, 5.74) is 5.96. The summed E-state index contributed by atoms with van der Waals surface area (Å²) in [6.45, 7) is 1.42. The van der Waals surface area contributed by atoms with Crippen molar-refractivity contribution in [2.24, 2.45) is 5.41 Å². The number of amides is 1. The van der Waals surface area contributed by atoms with Crippen LogP contribution >= 0.6 is 11.3 Å². The number of hydrogen-bond acceptors (Lipinski definition) is 6. The van der Waals surface area contributed by atoms with Crippen LogP contribution in [0.2, 0.25) is 0 Å². The maximum absolute atomic E-state index is 12.1. The zero-order valence-corrected chi connectivity index (χ0v) is 12.1. The normalized spacial score (nSPS) is 16.1. The minimum atomic E-state index is -0.139. The summed E-state index contributed by atoms with van der Waals surface area (Å²) in [7, 11) is 3.45. The molecule has 1 aromatic heterocycles. The predicted octanol–water partition coefficient (Wildman–Crippen LogP) is 1.31. The molecule has 2 rings (SSSR count). The van der Waals surface area contributed by atoms with Crippen LogP contribution < -0.4 is 16.4 Å². The van der Waals surface area contributed by atoms with Crippen molar-refractivity contribution in [2.45, 2.75) is 19.3 Å². The number of rotatable bonds is 7. The van der Waals surface area contributed by atoms with Gasteiger partial charge >= 0.3 is 0 Å². The van der Waals surface area contributed by atoms with Crippen molar-refractivity contribution in [1.82, 2.24) is 10.3 Å². The van der Waals surface area contributed by atoms with E-state index in [1.807, 2.05) is 0 Å². The zero-order valence-electron chi connectivity index (χ0n) is 11.3. The molecule has 6 nitrogen and oxygen atoms in total. The molecule has 0 spiro atoms. The van der Waals surface area contributed by atoms with Crippen LogP contribution in [0.15, 0.2) is 0 Å². The van der Waals surface area contributed by atoms with Gasteiger partial charge in [0.2, 0.25) is 0 Å². The molecule has 1 aromatic rings. The maximum atomic E-state index is 12.1. The van der Waals surface area contributed by atoms with E-state index in [-0.39, 0.29) is 17.1 Å². The number of aromatic nitrogens is 1. The molecule has 0 aromatic carbocycles. The van der Waals surface area contributed by atoms with Gasteiger partial charge in [-0.05, 0) is 24.7 Å². The van der Waals surface area contributed by atoms with Gasteiger partial charge in [-0.3, -0.25) is 4.79 Å². The molecule has 19 heavy (non-hydrogen) atoms. The van der Waals surface area contributed by atoms with Gasteiger partial charge in [0.05, 0.1) is 0 Å². The van der Waals surface area contributed by atoms with Crippen LogP contribution in [0, 0.1) is 5.41 Å². The van der Waals surface area contributed by atoms with Crippen LogP contribution in [0.25, 0.3) is 0 Å². The van der Waals surface area contributed by atoms with Crippen molar-refractivity contribution >= 4 is 28.2 Å². The van der Waals surface area contributed by atoms with Gasteiger partial charge in [0.25, 0.3) is 5.91 Å². The number of nitrogens with one attached hydrogen (secondary N) is 2. The van der Waals surface area contributed by atoms with E-state index in [2.05, 4.69) is 15.6 Å². The Bertz CT molecular complexity index is 457. The fourth-order valence-electron chi connectivity index (χ4n) is 1.96. The lowest BCUT2D eigenvalue weighted by Gasteiger charge is -2.14. The van der Waals surface area contributed by atoms with Crippen LogP contribution in [0.1, 0.15) is 28.9 Å². The quantitative estimate of drug-likeness (QED) is 0.702. The molecule has 0 saturated heterocycles. The first-order valence-corrected chi connectivity index (χ1v) is 7.13.